The van der Waals surface area contributed by atoms with E-state index in [2.05, 4.69) is 66.0 Å². The van der Waals surface area contributed by atoms with Crippen molar-refractivity contribution >= 4 is 10.8 Å². The third-order valence-corrected chi connectivity index (χ3v) is 4.34. The van der Waals surface area contributed by atoms with Crippen molar-refractivity contribution in [2.24, 2.45) is 0 Å². The Morgan fingerprint density at radius 2 is 1.69 bits per heavy atom. The van der Waals surface area contributed by atoms with Crippen LogP contribution in [0.25, 0.3) is 10.8 Å². The predicted octanol–water partition coefficient (Wildman–Crippen LogP) is 4.85. The van der Waals surface area contributed by atoms with Crippen molar-refractivity contribution in [1.29, 1.82) is 5.26 Å². The number of nitriles is 1. The van der Waals surface area contributed by atoms with Gasteiger partial charge in [0.1, 0.15) is 5.75 Å². The van der Waals surface area contributed by atoms with Crippen LogP contribution in [0.1, 0.15) is 24.0 Å². The number of nitrogens with zero attached hydrogens (tertiary/aromatic N) is 1. The summed E-state index contributed by atoms with van der Waals surface area (Å²) < 4.78 is 5.91. The number of nitrogens with one attached hydrogen (secondary N) is 1. The molecule has 0 spiro atoms. The molecule has 3 rings (SSSR count). The molecule has 0 atom stereocenters. The van der Waals surface area contributed by atoms with E-state index in [0.717, 1.165) is 38.3 Å². The van der Waals surface area contributed by atoms with E-state index in [1.165, 1.54) is 21.9 Å². The number of ether oxygens (including phenoxy) is 1. The maximum absolute atomic E-state index is 8.56. The van der Waals surface area contributed by atoms with Crippen molar-refractivity contribution in [3.8, 4) is 11.8 Å². The molecule has 3 heteroatoms. The summed E-state index contributed by atoms with van der Waals surface area (Å²) in [6.07, 6.45) is 2.59. The molecule has 0 aromatic heterocycles. The van der Waals surface area contributed by atoms with E-state index in [1.807, 2.05) is 12.1 Å². The Kier molecular flexibility index (Phi) is 6.64. The van der Waals surface area contributed by atoms with Crippen molar-refractivity contribution in [3.05, 3.63) is 77.9 Å². The number of benzene rings is 3. The Morgan fingerprint density at radius 1 is 0.885 bits per heavy atom. The molecular formula is C23H24N2O. The van der Waals surface area contributed by atoms with Crippen molar-refractivity contribution in [2.45, 2.75) is 25.8 Å². The van der Waals surface area contributed by atoms with Crippen LogP contribution in [0.15, 0.2) is 66.7 Å². The second kappa shape index (κ2) is 9.60. The Balaban J connectivity index is 1.51. The molecule has 0 bridgehead atoms. The van der Waals surface area contributed by atoms with Crippen LogP contribution in [0.4, 0.5) is 0 Å². The van der Waals surface area contributed by atoms with Crippen LogP contribution in [-0.2, 0) is 13.0 Å². The minimum absolute atomic E-state index is 0.540. The first-order valence-corrected chi connectivity index (χ1v) is 9.12. The molecule has 0 saturated carbocycles. The highest BCUT2D eigenvalue weighted by Crippen LogP contribution is 2.22. The van der Waals surface area contributed by atoms with E-state index in [9.17, 15) is 0 Å². The van der Waals surface area contributed by atoms with E-state index in [-0.39, 0.29) is 0 Å². The first kappa shape index (κ1) is 18.0. The van der Waals surface area contributed by atoms with E-state index in [4.69, 9.17) is 10.00 Å². The minimum atomic E-state index is 0.540. The van der Waals surface area contributed by atoms with Gasteiger partial charge in [0.2, 0.25) is 0 Å². The van der Waals surface area contributed by atoms with Crippen LogP contribution in [0, 0.1) is 11.3 Å². The maximum atomic E-state index is 8.56. The molecule has 0 radical (unpaired) electrons. The summed E-state index contributed by atoms with van der Waals surface area (Å²) in [5.74, 6) is 0.922. The summed E-state index contributed by atoms with van der Waals surface area (Å²) >= 11 is 0. The molecular weight excluding hydrogens is 320 g/mol. The van der Waals surface area contributed by atoms with Crippen LogP contribution in [0.2, 0.25) is 0 Å². The highest BCUT2D eigenvalue weighted by molar-refractivity contribution is 5.84. The summed E-state index contributed by atoms with van der Waals surface area (Å²) in [6.45, 7) is 2.24. The van der Waals surface area contributed by atoms with Gasteiger partial charge in [-0.15, -0.1) is 0 Å². The molecule has 0 amide bonds. The topological polar surface area (TPSA) is 45.0 Å². The lowest BCUT2D eigenvalue weighted by atomic mass is 10.1. The maximum Gasteiger partial charge on any atom is 0.119 e. The van der Waals surface area contributed by atoms with Gasteiger partial charge in [-0.05, 0) is 52.9 Å². The van der Waals surface area contributed by atoms with Gasteiger partial charge in [-0.2, -0.15) is 5.26 Å². The lowest BCUT2D eigenvalue weighted by Crippen LogP contribution is -2.13. The van der Waals surface area contributed by atoms with E-state index < -0.39 is 0 Å². The third kappa shape index (κ3) is 5.34. The largest absolute Gasteiger partial charge is 0.494 e. The van der Waals surface area contributed by atoms with Gasteiger partial charge in [0.05, 0.1) is 12.7 Å². The fraction of sp³-hybridized carbons (Fsp3) is 0.261. The summed E-state index contributed by atoms with van der Waals surface area (Å²) in [4.78, 5) is 0. The number of hydrogen-bond donors (Lipinski definition) is 1. The van der Waals surface area contributed by atoms with E-state index >= 15 is 0 Å². The van der Waals surface area contributed by atoms with Crippen LogP contribution in [0.3, 0.4) is 0 Å². The highest BCUT2D eigenvalue weighted by Gasteiger charge is 2.01. The van der Waals surface area contributed by atoms with Gasteiger partial charge in [0, 0.05) is 19.5 Å². The molecule has 3 nitrogen and oxygen atoms in total. The Morgan fingerprint density at radius 3 is 2.54 bits per heavy atom. The fourth-order valence-corrected chi connectivity index (χ4v) is 2.96. The van der Waals surface area contributed by atoms with E-state index in [0.29, 0.717) is 6.42 Å². The molecule has 0 unspecified atom stereocenters. The van der Waals surface area contributed by atoms with Crippen molar-refractivity contribution in [1.82, 2.24) is 5.32 Å². The number of aryl methyl sites for hydroxylation is 1. The van der Waals surface area contributed by atoms with Gasteiger partial charge in [0.15, 0.2) is 0 Å². The van der Waals surface area contributed by atoms with Crippen LogP contribution in [0.5, 0.6) is 5.75 Å². The second-order valence-corrected chi connectivity index (χ2v) is 6.37. The quantitative estimate of drug-likeness (QED) is 0.564. The number of hydrogen-bond acceptors (Lipinski definition) is 3. The van der Waals surface area contributed by atoms with Crippen molar-refractivity contribution < 1.29 is 4.74 Å². The van der Waals surface area contributed by atoms with Gasteiger partial charge < -0.3 is 10.1 Å². The van der Waals surface area contributed by atoms with Crippen molar-refractivity contribution in [2.75, 3.05) is 13.2 Å². The van der Waals surface area contributed by atoms with Crippen LogP contribution in [-0.4, -0.2) is 13.2 Å². The van der Waals surface area contributed by atoms with Crippen LogP contribution >= 0.6 is 0 Å². The van der Waals surface area contributed by atoms with Crippen molar-refractivity contribution in [3.63, 3.8) is 0 Å². The van der Waals surface area contributed by atoms with Gasteiger partial charge in [-0.3, -0.25) is 0 Å². The molecule has 0 saturated heterocycles. The Hall–Kier alpha value is -2.83. The Labute approximate surface area is 155 Å². The average molecular weight is 344 g/mol. The molecule has 26 heavy (non-hydrogen) atoms. The van der Waals surface area contributed by atoms with Gasteiger partial charge >= 0.3 is 0 Å². The zero-order valence-electron chi connectivity index (χ0n) is 14.9. The standard InChI is InChI=1S/C23H24N2O/c24-13-5-14-25-18-20-9-10-22-17-23(12-11-21(22)16-20)26-15-4-8-19-6-2-1-3-7-19/h1-3,6-7,9-12,16-17,25H,4-5,8,14-15,18H2. The first-order valence-electron chi connectivity index (χ1n) is 9.12. The fourth-order valence-electron chi connectivity index (χ4n) is 2.96. The highest BCUT2D eigenvalue weighted by atomic mass is 16.5. The molecule has 3 aromatic rings. The SMILES string of the molecule is N#CCCNCc1ccc2cc(OCCCc3ccccc3)ccc2c1. The second-order valence-electron chi connectivity index (χ2n) is 6.37. The van der Waals surface area contributed by atoms with E-state index in [1.54, 1.807) is 0 Å². The lowest BCUT2D eigenvalue weighted by molar-refractivity contribution is 0.311. The summed E-state index contributed by atoms with van der Waals surface area (Å²) in [5, 5.41) is 14.2. The molecule has 0 fully saturated rings. The molecule has 1 N–H and O–H groups in total. The van der Waals surface area contributed by atoms with Gasteiger partial charge in [-0.25, -0.2) is 0 Å². The first-order chi connectivity index (χ1) is 12.8. The number of fused-ring (bicyclic) bond motifs is 1. The van der Waals surface area contributed by atoms with Gasteiger partial charge in [-0.1, -0.05) is 48.5 Å². The summed E-state index contributed by atoms with van der Waals surface area (Å²) in [5.41, 5.74) is 2.58. The predicted molar refractivity (Wildman–Crippen MR) is 106 cm³/mol. The number of rotatable bonds is 9. The summed E-state index contributed by atoms with van der Waals surface area (Å²) in [6, 6.07) is 25.4. The average Bonchev–Trinajstić information content (AvgIpc) is 2.69. The smallest absolute Gasteiger partial charge is 0.119 e. The zero-order chi connectivity index (χ0) is 18.0. The summed E-state index contributed by atoms with van der Waals surface area (Å²) in [7, 11) is 0. The third-order valence-electron chi connectivity index (χ3n) is 4.34. The molecule has 0 aliphatic carbocycles. The molecule has 132 valence electrons. The molecule has 0 aliphatic rings. The molecule has 0 heterocycles. The normalized spacial score (nSPS) is 10.6. The monoisotopic (exact) mass is 344 g/mol. The van der Waals surface area contributed by atoms with Gasteiger partial charge in [0.25, 0.3) is 0 Å². The van der Waals surface area contributed by atoms with Crippen LogP contribution < -0.4 is 10.1 Å². The lowest BCUT2D eigenvalue weighted by Gasteiger charge is -2.09. The minimum Gasteiger partial charge on any atom is -0.494 e. The molecule has 0 aliphatic heterocycles. The zero-order valence-corrected chi connectivity index (χ0v) is 14.9. The molecule has 3 aromatic carbocycles. The Bertz CT molecular complexity index is 868.